The van der Waals surface area contributed by atoms with Crippen molar-refractivity contribution in [1.29, 1.82) is 0 Å². The second kappa shape index (κ2) is 34.9. The Morgan fingerprint density at radius 2 is 0.528 bits per heavy atom. The summed E-state index contributed by atoms with van der Waals surface area (Å²) in [5.41, 5.74) is 0. The van der Waals surface area contributed by atoms with E-state index in [-0.39, 0.29) is 0 Å². The standard InChI is InChI=1S/C32H66O.C2H4O/c1-3-5-7-9-11-13-15-17-19-21-23-25-27-29-31-33-32-30-28-26-24-22-20-18-16-14-12-10-8-6-4-2;1-2-3-1/h3-32H2,1-2H3;1-2H2. The Kier molecular flexibility index (Phi) is 34.8. The van der Waals surface area contributed by atoms with Gasteiger partial charge in [-0.15, -0.1) is 0 Å². The molecule has 2 heteroatoms. The smallest absolute Gasteiger partial charge is 0.0701 e. The van der Waals surface area contributed by atoms with Crippen LogP contribution < -0.4 is 0 Å². The molecule has 0 saturated carbocycles. The van der Waals surface area contributed by atoms with Crippen LogP contribution in [0.1, 0.15) is 194 Å². The summed E-state index contributed by atoms with van der Waals surface area (Å²) in [6.07, 6.45) is 40.1. The molecule has 1 rings (SSSR count). The minimum absolute atomic E-state index is 0.997. The van der Waals surface area contributed by atoms with Gasteiger partial charge in [0.05, 0.1) is 13.2 Å². The lowest BCUT2D eigenvalue weighted by molar-refractivity contribution is 0.125. The number of hydrogen-bond acceptors (Lipinski definition) is 2. The first kappa shape index (κ1) is 35.9. The maximum Gasteiger partial charge on any atom is 0.0701 e. The second-order valence-electron chi connectivity index (χ2n) is 11.4. The lowest BCUT2D eigenvalue weighted by Crippen LogP contribution is -1.97. The number of unbranched alkanes of at least 4 members (excludes halogenated alkanes) is 26. The van der Waals surface area contributed by atoms with Crippen LogP contribution in [0.3, 0.4) is 0 Å². The highest BCUT2D eigenvalue weighted by atomic mass is 16.6. The molecule has 0 spiro atoms. The van der Waals surface area contributed by atoms with Crippen molar-refractivity contribution in [3.63, 3.8) is 0 Å². The van der Waals surface area contributed by atoms with Gasteiger partial charge in [0.15, 0.2) is 0 Å². The van der Waals surface area contributed by atoms with Gasteiger partial charge in [-0.25, -0.2) is 0 Å². The fourth-order valence-corrected chi connectivity index (χ4v) is 4.90. The second-order valence-corrected chi connectivity index (χ2v) is 11.4. The highest BCUT2D eigenvalue weighted by molar-refractivity contribution is 4.51. The molecule has 0 radical (unpaired) electrons. The maximum atomic E-state index is 5.85. The van der Waals surface area contributed by atoms with Gasteiger partial charge in [0.1, 0.15) is 0 Å². The molecule has 0 aliphatic carbocycles. The first-order valence-electron chi connectivity index (χ1n) is 17.1. The minimum atomic E-state index is 0.997. The zero-order chi connectivity index (χ0) is 26.0. The van der Waals surface area contributed by atoms with Gasteiger partial charge in [0.2, 0.25) is 0 Å². The van der Waals surface area contributed by atoms with Crippen molar-refractivity contribution in [2.45, 2.75) is 194 Å². The molecule has 1 heterocycles. The van der Waals surface area contributed by atoms with Gasteiger partial charge in [0.25, 0.3) is 0 Å². The molecule has 1 aliphatic heterocycles. The third kappa shape index (κ3) is 38.5. The quantitative estimate of drug-likeness (QED) is 0.0707. The van der Waals surface area contributed by atoms with Gasteiger partial charge in [-0.2, -0.15) is 0 Å². The van der Waals surface area contributed by atoms with E-state index in [1.807, 2.05) is 0 Å². The Balaban J connectivity index is 0.00000377. The molecule has 1 saturated heterocycles. The average molecular weight is 511 g/mol. The van der Waals surface area contributed by atoms with Gasteiger partial charge in [0, 0.05) is 13.2 Å². The van der Waals surface area contributed by atoms with Crippen LogP contribution in [0.5, 0.6) is 0 Å². The summed E-state index contributed by atoms with van der Waals surface area (Å²) < 4.78 is 10.3. The van der Waals surface area contributed by atoms with Crippen LogP contribution in [0, 0.1) is 0 Å². The molecule has 1 fully saturated rings. The predicted molar refractivity (Wildman–Crippen MR) is 162 cm³/mol. The molecule has 0 atom stereocenters. The van der Waals surface area contributed by atoms with Crippen molar-refractivity contribution in [3.8, 4) is 0 Å². The zero-order valence-corrected chi connectivity index (χ0v) is 25.4. The van der Waals surface area contributed by atoms with E-state index in [2.05, 4.69) is 18.6 Å². The van der Waals surface area contributed by atoms with Crippen LogP contribution in [0.2, 0.25) is 0 Å². The van der Waals surface area contributed by atoms with Gasteiger partial charge >= 0.3 is 0 Å². The van der Waals surface area contributed by atoms with E-state index in [1.54, 1.807) is 0 Å². The molecule has 0 aromatic rings. The molecule has 36 heavy (non-hydrogen) atoms. The van der Waals surface area contributed by atoms with Crippen molar-refractivity contribution in [1.82, 2.24) is 0 Å². The Morgan fingerprint density at radius 1 is 0.333 bits per heavy atom. The largest absolute Gasteiger partial charge is 0.381 e. The van der Waals surface area contributed by atoms with Gasteiger partial charge in [-0.05, 0) is 12.8 Å². The lowest BCUT2D eigenvalue weighted by atomic mass is 10.0. The van der Waals surface area contributed by atoms with Gasteiger partial charge < -0.3 is 9.47 Å². The van der Waals surface area contributed by atoms with Crippen molar-refractivity contribution >= 4 is 0 Å². The Bertz CT molecular complexity index is 322. The fraction of sp³-hybridized carbons (Fsp3) is 1.00. The van der Waals surface area contributed by atoms with Crippen LogP contribution in [0.4, 0.5) is 0 Å². The predicted octanol–water partition coefficient (Wildman–Crippen LogP) is 12.0. The highest BCUT2D eigenvalue weighted by Gasteiger charge is 1.97. The molecule has 1 aliphatic rings. The molecule has 0 unspecified atom stereocenters. The van der Waals surface area contributed by atoms with Crippen molar-refractivity contribution in [2.75, 3.05) is 26.4 Å². The van der Waals surface area contributed by atoms with Crippen LogP contribution in [0.25, 0.3) is 0 Å². The first-order chi connectivity index (χ1) is 17.9. The summed E-state index contributed by atoms with van der Waals surface area (Å²) in [5, 5.41) is 0. The van der Waals surface area contributed by atoms with Crippen molar-refractivity contribution < 1.29 is 9.47 Å². The van der Waals surface area contributed by atoms with Crippen LogP contribution in [-0.4, -0.2) is 26.4 Å². The topological polar surface area (TPSA) is 21.8 Å². The van der Waals surface area contributed by atoms with Gasteiger partial charge in [-0.1, -0.05) is 181 Å². The number of ether oxygens (including phenoxy) is 2. The Morgan fingerprint density at radius 3 is 0.722 bits per heavy atom. The molecule has 218 valence electrons. The summed E-state index contributed by atoms with van der Waals surface area (Å²) >= 11 is 0. The number of rotatable bonds is 30. The molecule has 2 nitrogen and oxygen atoms in total. The van der Waals surface area contributed by atoms with E-state index >= 15 is 0 Å². The average Bonchev–Trinajstić information content (AvgIpc) is 3.78. The van der Waals surface area contributed by atoms with Gasteiger partial charge in [-0.3, -0.25) is 0 Å². The molecular weight excluding hydrogens is 440 g/mol. The van der Waals surface area contributed by atoms with Crippen LogP contribution in [-0.2, 0) is 9.47 Å². The minimum Gasteiger partial charge on any atom is -0.381 e. The summed E-state index contributed by atoms with van der Waals surface area (Å²) in [5.74, 6) is 0. The summed E-state index contributed by atoms with van der Waals surface area (Å²) in [4.78, 5) is 0. The molecule has 0 N–H and O–H groups in total. The maximum absolute atomic E-state index is 5.85. The van der Waals surface area contributed by atoms with Crippen molar-refractivity contribution in [2.24, 2.45) is 0 Å². The summed E-state index contributed by atoms with van der Waals surface area (Å²) in [7, 11) is 0. The van der Waals surface area contributed by atoms with Crippen molar-refractivity contribution in [3.05, 3.63) is 0 Å². The van der Waals surface area contributed by atoms with E-state index in [0.29, 0.717) is 0 Å². The highest BCUT2D eigenvalue weighted by Crippen LogP contribution is 2.14. The third-order valence-electron chi connectivity index (χ3n) is 7.49. The monoisotopic (exact) mass is 511 g/mol. The van der Waals surface area contributed by atoms with E-state index < -0.39 is 0 Å². The number of hydrogen-bond donors (Lipinski definition) is 0. The first-order valence-corrected chi connectivity index (χ1v) is 17.1. The van der Waals surface area contributed by atoms with Crippen LogP contribution in [0.15, 0.2) is 0 Å². The molecule has 0 aromatic heterocycles. The summed E-state index contributed by atoms with van der Waals surface area (Å²) in [6.45, 7) is 8.59. The fourth-order valence-electron chi connectivity index (χ4n) is 4.90. The Labute approximate surface area is 229 Å². The number of epoxide rings is 1. The molecular formula is C34H70O2. The summed E-state index contributed by atoms with van der Waals surface area (Å²) in [6, 6.07) is 0. The van der Waals surface area contributed by atoms with E-state index in [9.17, 15) is 0 Å². The van der Waals surface area contributed by atoms with E-state index in [4.69, 9.17) is 4.74 Å². The molecule has 0 bridgehead atoms. The normalized spacial score (nSPS) is 12.5. The van der Waals surface area contributed by atoms with E-state index in [0.717, 1.165) is 26.4 Å². The molecule has 0 amide bonds. The Hall–Kier alpha value is -0.0800. The zero-order valence-electron chi connectivity index (χ0n) is 25.4. The van der Waals surface area contributed by atoms with Crippen LogP contribution >= 0.6 is 0 Å². The SMILES string of the molecule is C1CO1.CCCCCCCCCCCCCCCCOCCCCCCCCCCCCCCCC. The lowest BCUT2D eigenvalue weighted by Gasteiger charge is -2.05. The molecule has 0 aromatic carbocycles. The third-order valence-corrected chi connectivity index (χ3v) is 7.49. The van der Waals surface area contributed by atoms with E-state index in [1.165, 1.54) is 180 Å².